The maximum Gasteiger partial charge on any atom is 0.490 e. The Kier molecular flexibility index (Phi) is 2.80. The third-order valence-corrected chi connectivity index (χ3v) is 2.40. The van der Waals surface area contributed by atoms with Crippen LogP contribution in [-0.4, -0.2) is 27.1 Å². The van der Waals surface area contributed by atoms with E-state index in [1.54, 1.807) is 6.07 Å². The highest BCUT2D eigenvalue weighted by Crippen LogP contribution is 2.21. The molecule has 0 saturated heterocycles. The summed E-state index contributed by atoms with van der Waals surface area (Å²) in [5.41, 5.74) is 0.818. The van der Waals surface area contributed by atoms with Crippen LogP contribution >= 0.6 is 23.2 Å². The molecule has 2 aromatic rings. The van der Waals surface area contributed by atoms with Crippen LogP contribution in [0.3, 0.4) is 0 Å². The lowest BCUT2D eigenvalue weighted by atomic mass is 9.81. The minimum absolute atomic E-state index is 0.188. The Morgan fingerprint density at radius 3 is 2.60 bits per heavy atom. The van der Waals surface area contributed by atoms with Crippen molar-refractivity contribution in [1.82, 2.24) is 9.97 Å². The fourth-order valence-electron chi connectivity index (χ4n) is 1.21. The van der Waals surface area contributed by atoms with Crippen LogP contribution < -0.4 is 5.46 Å². The van der Waals surface area contributed by atoms with Gasteiger partial charge in [-0.2, -0.15) is 0 Å². The van der Waals surface area contributed by atoms with Gasteiger partial charge in [0.2, 0.25) is 0 Å². The van der Waals surface area contributed by atoms with Crippen molar-refractivity contribution < 1.29 is 10.0 Å². The van der Waals surface area contributed by atoms with Crippen LogP contribution in [0.15, 0.2) is 18.3 Å². The van der Waals surface area contributed by atoms with E-state index in [0.29, 0.717) is 10.9 Å². The van der Waals surface area contributed by atoms with Crippen molar-refractivity contribution in [2.45, 2.75) is 0 Å². The molecule has 15 heavy (non-hydrogen) atoms. The second-order valence-corrected chi connectivity index (χ2v) is 3.69. The standard InChI is InChI=1S/C8H5BCl2N2O2/c10-7-2-6-5(8(11)13-7)1-4(3-12-6)9(14)15/h1-3,14-15H. The molecule has 0 aromatic carbocycles. The van der Waals surface area contributed by atoms with Gasteiger partial charge in [0.15, 0.2) is 0 Å². The number of nitrogens with zero attached hydrogens (tertiary/aromatic N) is 2. The predicted molar refractivity (Wildman–Crippen MR) is 59.4 cm³/mol. The maximum atomic E-state index is 8.95. The quantitative estimate of drug-likeness (QED) is 0.568. The zero-order chi connectivity index (χ0) is 11.0. The van der Waals surface area contributed by atoms with Crippen molar-refractivity contribution in [2.75, 3.05) is 0 Å². The average molecular weight is 243 g/mol. The molecule has 0 aliphatic rings. The first-order valence-corrected chi connectivity index (χ1v) is 4.81. The van der Waals surface area contributed by atoms with Crippen LogP contribution in [0.1, 0.15) is 0 Å². The van der Waals surface area contributed by atoms with E-state index in [4.69, 9.17) is 33.2 Å². The van der Waals surface area contributed by atoms with Gasteiger partial charge in [-0.3, -0.25) is 4.98 Å². The third-order valence-electron chi connectivity index (χ3n) is 1.92. The second kappa shape index (κ2) is 3.94. The van der Waals surface area contributed by atoms with E-state index in [9.17, 15) is 0 Å². The number of pyridine rings is 2. The van der Waals surface area contributed by atoms with Crippen LogP contribution in [-0.2, 0) is 0 Å². The second-order valence-electron chi connectivity index (χ2n) is 2.94. The molecule has 0 bridgehead atoms. The van der Waals surface area contributed by atoms with Gasteiger partial charge < -0.3 is 10.0 Å². The van der Waals surface area contributed by atoms with Gasteiger partial charge in [0.1, 0.15) is 10.3 Å². The molecule has 76 valence electrons. The van der Waals surface area contributed by atoms with E-state index < -0.39 is 7.12 Å². The van der Waals surface area contributed by atoms with E-state index >= 15 is 0 Å². The van der Waals surface area contributed by atoms with Gasteiger partial charge in [0.05, 0.1) is 5.52 Å². The number of halogens is 2. The Balaban J connectivity index is 2.71. The largest absolute Gasteiger partial charge is 0.490 e. The lowest BCUT2D eigenvalue weighted by Gasteiger charge is -2.03. The molecule has 0 atom stereocenters. The first-order chi connectivity index (χ1) is 7.08. The van der Waals surface area contributed by atoms with Crippen molar-refractivity contribution in [2.24, 2.45) is 0 Å². The Hall–Kier alpha value is -0.875. The van der Waals surface area contributed by atoms with Crippen LogP contribution in [0.4, 0.5) is 0 Å². The monoisotopic (exact) mass is 242 g/mol. The third kappa shape index (κ3) is 2.05. The first-order valence-electron chi connectivity index (χ1n) is 4.06. The van der Waals surface area contributed by atoms with Crippen molar-refractivity contribution >= 4 is 46.7 Å². The molecule has 0 fully saturated rings. The number of fused-ring (bicyclic) bond motifs is 1. The summed E-state index contributed by atoms with van der Waals surface area (Å²) in [6.07, 6.45) is 1.35. The molecule has 0 spiro atoms. The van der Waals surface area contributed by atoms with Crippen molar-refractivity contribution in [3.8, 4) is 0 Å². The van der Waals surface area contributed by atoms with Crippen LogP contribution in [0.5, 0.6) is 0 Å². The smallest absolute Gasteiger partial charge is 0.423 e. The number of rotatable bonds is 1. The molecular weight excluding hydrogens is 238 g/mol. The molecule has 4 nitrogen and oxygen atoms in total. The summed E-state index contributed by atoms with van der Waals surface area (Å²) >= 11 is 11.5. The van der Waals surface area contributed by atoms with E-state index in [1.165, 1.54) is 12.3 Å². The number of hydrogen-bond donors (Lipinski definition) is 2. The van der Waals surface area contributed by atoms with Gasteiger partial charge in [-0.15, -0.1) is 0 Å². The highest BCUT2D eigenvalue weighted by molar-refractivity contribution is 6.58. The molecule has 2 heterocycles. The number of aromatic nitrogens is 2. The van der Waals surface area contributed by atoms with Gasteiger partial charge in [0.25, 0.3) is 0 Å². The lowest BCUT2D eigenvalue weighted by molar-refractivity contribution is 0.425. The Morgan fingerprint density at radius 1 is 1.20 bits per heavy atom. The Bertz CT molecular complexity index is 521. The van der Waals surface area contributed by atoms with Gasteiger partial charge in [0, 0.05) is 23.1 Å². The minimum Gasteiger partial charge on any atom is -0.423 e. The van der Waals surface area contributed by atoms with Gasteiger partial charge in [-0.1, -0.05) is 23.2 Å². The van der Waals surface area contributed by atoms with E-state index in [0.717, 1.165) is 0 Å². The molecular formula is C8H5BCl2N2O2. The molecule has 2 N–H and O–H groups in total. The van der Waals surface area contributed by atoms with Crippen LogP contribution in [0.2, 0.25) is 10.3 Å². The Labute approximate surface area is 95.6 Å². The van der Waals surface area contributed by atoms with E-state index in [-0.39, 0.29) is 15.8 Å². The minimum atomic E-state index is -1.58. The topological polar surface area (TPSA) is 66.2 Å². The fraction of sp³-hybridized carbons (Fsp3) is 0. The molecule has 0 aliphatic carbocycles. The molecule has 0 unspecified atom stereocenters. The highest BCUT2D eigenvalue weighted by Gasteiger charge is 2.13. The zero-order valence-electron chi connectivity index (χ0n) is 7.35. The van der Waals surface area contributed by atoms with Gasteiger partial charge in [-0.25, -0.2) is 4.98 Å². The zero-order valence-corrected chi connectivity index (χ0v) is 8.87. The number of hydrogen-bond acceptors (Lipinski definition) is 4. The summed E-state index contributed by atoms with van der Waals surface area (Å²) in [6.45, 7) is 0. The maximum absolute atomic E-state index is 8.95. The molecule has 7 heteroatoms. The summed E-state index contributed by atoms with van der Waals surface area (Å²) in [5.74, 6) is 0. The average Bonchev–Trinajstić information content (AvgIpc) is 2.16. The molecule has 0 amide bonds. The molecule has 2 rings (SSSR count). The van der Waals surface area contributed by atoms with Crippen molar-refractivity contribution in [3.05, 3.63) is 28.6 Å². The summed E-state index contributed by atoms with van der Waals surface area (Å²) in [4.78, 5) is 7.82. The normalized spacial score (nSPS) is 10.7. The fourth-order valence-corrected chi connectivity index (χ4v) is 1.69. The summed E-state index contributed by atoms with van der Waals surface area (Å²) in [5, 5.41) is 18.9. The summed E-state index contributed by atoms with van der Waals surface area (Å²) in [7, 11) is -1.58. The predicted octanol–water partition coefficient (Wildman–Crippen LogP) is 0.616. The van der Waals surface area contributed by atoms with Crippen molar-refractivity contribution in [1.29, 1.82) is 0 Å². The lowest BCUT2D eigenvalue weighted by Crippen LogP contribution is -2.30. The SMILES string of the molecule is OB(O)c1cnc2cc(Cl)nc(Cl)c2c1. The van der Waals surface area contributed by atoms with Crippen LogP contribution in [0.25, 0.3) is 10.9 Å². The van der Waals surface area contributed by atoms with Gasteiger partial charge >= 0.3 is 7.12 Å². The molecule has 0 aliphatic heterocycles. The van der Waals surface area contributed by atoms with Crippen LogP contribution in [0, 0.1) is 0 Å². The summed E-state index contributed by atoms with van der Waals surface area (Å²) < 4.78 is 0. The Morgan fingerprint density at radius 2 is 1.93 bits per heavy atom. The van der Waals surface area contributed by atoms with E-state index in [2.05, 4.69) is 9.97 Å². The molecule has 2 aromatic heterocycles. The molecule has 0 radical (unpaired) electrons. The van der Waals surface area contributed by atoms with Gasteiger partial charge in [-0.05, 0) is 6.07 Å². The van der Waals surface area contributed by atoms with E-state index in [1.807, 2.05) is 0 Å². The molecule has 0 saturated carbocycles. The summed E-state index contributed by atoms with van der Waals surface area (Å²) in [6, 6.07) is 3.06. The first kappa shape index (κ1) is 10.6. The van der Waals surface area contributed by atoms with Crippen molar-refractivity contribution in [3.63, 3.8) is 0 Å². The highest BCUT2D eigenvalue weighted by atomic mass is 35.5.